The van der Waals surface area contributed by atoms with Crippen molar-refractivity contribution in [2.24, 2.45) is 0 Å². The Kier molecular flexibility index (Phi) is 6.41. The van der Waals surface area contributed by atoms with Crippen molar-refractivity contribution < 1.29 is 17.6 Å². The highest BCUT2D eigenvalue weighted by Gasteiger charge is 2.21. The van der Waals surface area contributed by atoms with Gasteiger partial charge in [0.1, 0.15) is 0 Å². The quantitative estimate of drug-likeness (QED) is 0.421. The first-order chi connectivity index (χ1) is 12.2. The second-order valence-electron chi connectivity index (χ2n) is 5.54. The van der Waals surface area contributed by atoms with E-state index >= 15 is 0 Å². The minimum atomic E-state index is -3.93. The van der Waals surface area contributed by atoms with E-state index in [0.717, 1.165) is 29.8 Å². The third-order valence-corrected chi connectivity index (χ3v) is 6.53. The molecule has 0 aliphatic heterocycles. The molecule has 0 unspecified atom stereocenters. The fraction of sp³-hybridized carbons (Fsp3) is 0.176. The van der Waals surface area contributed by atoms with Crippen molar-refractivity contribution in [3.05, 3.63) is 76.9 Å². The van der Waals surface area contributed by atoms with Crippen LogP contribution in [0.3, 0.4) is 0 Å². The van der Waals surface area contributed by atoms with Crippen LogP contribution in [0.15, 0.2) is 71.0 Å². The highest BCUT2D eigenvalue weighted by atomic mass is 32.2. The molecule has 0 spiro atoms. The molecule has 0 aliphatic carbocycles. The highest BCUT2D eigenvalue weighted by molar-refractivity contribution is 7.89. The average molecular weight is 394 g/mol. The highest BCUT2D eigenvalue weighted by Crippen LogP contribution is 2.17. The van der Waals surface area contributed by atoms with Crippen LogP contribution in [0.2, 0.25) is 0 Å². The molecule has 0 aliphatic rings. The number of rotatable bonds is 8. The van der Waals surface area contributed by atoms with Crippen LogP contribution in [0.25, 0.3) is 0 Å². The third-order valence-electron chi connectivity index (χ3n) is 3.56. The van der Waals surface area contributed by atoms with Gasteiger partial charge in [-0.15, -0.1) is 6.58 Å². The van der Waals surface area contributed by atoms with Crippen molar-refractivity contribution >= 4 is 26.5 Å². The van der Waals surface area contributed by atoms with Gasteiger partial charge in [0.15, 0.2) is 0 Å². The first-order valence-corrected chi connectivity index (χ1v) is 10.4. The van der Waals surface area contributed by atoms with Crippen molar-refractivity contribution in [3.63, 3.8) is 0 Å². The lowest BCUT2D eigenvalue weighted by Gasteiger charge is -2.15. The summed E-state index contributed by atoms with van der Waals surface area (Å²) >= 11 is 0. The standard InChI is InChI=1S/C17H18N2O5S2/c1-3-14(12-25(22)16-8-4-13(2)5-9-16)18-26(23,24)17-10-6-15(7-11-17)19(20)21/h3-11,14,18H,1,12H2,2H3/t14-,25-/m1/s1. The van der Waals surface area contributed by atoms with E-state index in [1.165, 1.54) is 6.08 Å². The normalized spacial score (nSPS) is 13.7. The van der Waals surface area contributed by atoms with Crippen LogP contribution < -0.4 is 4.72 Å². The lowest BCUT2D eigenvalue weighted by Crippen LogP contribution is -2.37. The molecular formula is C17H18N2O5S2. The van der Waals surface area contributed by atoms with Gasteiger partial charge in [0, 0.05) is 22.8 Å². The fourth-order valence-electron chi connectivity index (χ4n) is 2.11. The van der Waals surface area contributed by atoms with E-state index in [4.69, 9.17) is 0 Å². The molecule has 0 saturated heterocycles. The smallest absolute Gasteiger partial charge is 0.258 e. The van der Waals surface area contributed by atoms with Crippen LogP contribution in [0.5, 0.6) is 0 Å². The van der Waals surface area contributed by atoms with E-state index in [2.05, 4.69) is 11.3 Å². The number of sulfonamides is 1. The molecule has 0 heterocycles. The molecule has 0 saturated carbocycles. The Hall–Kier alpha value is -2.36. The average Bonchev–Trinajstić information content (AvgIpc) is 2.61. The summed E-state index contributed by atoms with van der Waals surface area (Å²) in [6, 6.07) is 10.9. The molecule has 2 atom stereocenters. The number of nitrogens with one attached hydrogen (secondary N) is 1. The molecule has 26 heavy (non-hydrogen) atoms. The predicted octanol–water partition coefficient (Wildman–Crippen LogP) is 2.54. The van der Waals surface area contributed by atoms with Crippen molar-refractivity contribution in [2.75, 3.05) is 5.75 Å². The number of hydrogen-bond donors (Lipinski definition) is 1. The SMILES string of the molecule is C=C[C@H](C[S@@](=O)c1ccc(C)cc1)NS(=O)(=O)c1ccc([N+](=O)[O-])cc1. The lowest BCUT2D eigenvalue weighted by atomic mass is 10.2. The summed E-state index contributed by atoms with van der Waals surface area (Å²) in [4.78, 5) is 10.5. The minimum Gasteiger partial charge on any atom is -0.258 e. The van der Waals surface area contributed by atoms with E-state index in [9.17, 15) is 22.7 Å². The summed E-state index contributed by atoms with van der Waals surface area (Å²) in [5, 5.41) is 10.7. The van der Waals surface area contributed by atoms with Crippen LogP contribution in [0.4, 0.5) is 5.69 Å². The predicted molar refractivity (Wildman–Crippen MR) is 99.9 cm³/mol. The first kappa shape index (κ1) is 20.0. The molecular weight excluding hydrogens is 376 g/mol. The zero-order valence-corrected chi connectivity index (χ0v) is 15.6. The summed E-state index contributed by atoms with van der Waals surface area (Å²) < 4.78 is 39.7. The summed E-state index contributed by atoms with van der Waals surface area (Å²) in [6.07, 6.45) is 1.37. The molecule has 9 heteroatoms. The topological polar surface area (TPSA) is 106 Å². The van der Waals surface area contributed by atoms with Gasteiger partial charge in [-0.1, -0.05) is 23.8 Å². The molecule has 0 bridgehead atoms. The van der Waals surface area contributed by atoms with E-state index in [1.807, 2.05) is 19.1 Å². The number of aryl methyl sites for hydroxylation is 1. The van der Waals surface area contributed by atoms with E-state index in [0.29, 0.717) is 4.90 Å². The van der Waals surface area contributed by atoms with Gasteiger partial charge in [0.2, 0.25) is 10.0 Å². The third kappa shape index (κ3) is 5.07. The van der Waals surface area contributed by atoms with Crippen molar-refractivity contribution in [3.8, 4) is 0 Å². The Labute approximate surface area is 154 Å². The summed E-state index contributed by atoms with van der Waals surface area (Å²) in [5.74, 6) is 0.0266. The van der Waals surface area contributed by atoms with Gasteiger partial charge in [0.05, 0.1) is 26.7 Å². The van der Waals surface area contributed by atoms with Gasteiger partial charge >= 0.3 is 0 Å². The van der Waals surface area contributed by atoms with E-state index < -0.39 is 31.8 Å². The monoisotopic (exact) mass is 394 g/mol. The maximum Gasteiger partial charge on any atom is 0.269 e. The van der Waals surface area contributed by atoms with Crippen LogP contribution in [0, 0.1) is 17.0 Å². The number of non-ortho nitro benzene ring substituents is 1. The van der Waals surface area contributed by atoms with Crippen LogP contribution in [-0.2, 0) is 20.8 Å². The maximum atomic E-state index is 12.4. The molecule has 0 amide bonds. The number of benzene rings is 2. The Bertz CT molecular complexity index is 923. The Morgan fingerprint density at radius 1 is 1.19 bits per heavy atom. The zero-order chi connectivity index (χ0) is 19.3. The molecule has 2 rings (SSSR count). The molecule has 2 aromatic rings. The minimum absolute atomic E-state index is 0.0266. The molecule has 2 aromatic carbocycles. The number of nitrogens with zero attached hydrogens (tertiary/aromatic N) is 1. The Balaban J connectivity index is 2.12. The largest absolute Gasteiger partial charge is 0.269 e. The second-order valence-corrected chi connectivity index (χ2v) is 8.75. The lowest BCUT2D eigenvalue weighted by molar-refractivity contribution is -0.384. The summed E-state index contributed by atoms with van der Waals surface area (Å²) in [5.41, 5.74) is 0.828. The molecule has 0 aromatic heterocycles. The Morgan fingerprint density at radius 3 is 2.27 bits per heavy atom. The van der Waals surface area contributed by atoms with E-state index in [-0.39, 0.29) is 16.3 Å². The van der Waals surface area contributed by atoms with Crippen molar-refractivity contribution in [1.29, 1.82) is 0 Å². The van der Waals surface area contributed by atoms with Crippen molar-refractivity contribution in [2.45, 2.75) is 22.8 Å². The second kappa shape index (κ2) is 8.35. The number of nitro groups is 1. The van der Waals surface area contributed by atoms with Crippen LogP contribution in [0.1, 0.15) is 5.56 Å². The number of hydrogen-bond acceptors (Lipinski definition) is 5. The number of nitro benzene ring substituents is 1. The zero-order valence-electron chi connectivity index (χ0n) is 14.0. The Morgan fingerprint density at radius 2 is 1.77 bits per heavy atom. The maximum absolute atomic E-state index is 12.4. The van der Waals surface area contributed by atoms with Crippen molar-refractivity contribution in [1.82, 2.24) is 4.72 Å². The first-order valence-electron chi connectivity index (χ1n) is 7.57. The van der Waals surface area contributed by atoms with Crippen LogP contribution in [-0.4, -0.2) is 29.3 Å². The van der Waals surface area contributed by atoms with Gasteiger partial charge < -0.3 is 0 Å². The summed E-state index contributed by atoms with van der Waals surface area (Å²) in [7, 11) is -5.34. The van der Waals surface area contributed by atoms with Crippen LogP contribution >= 0.6 is 0 Å². The van der Waals surface area contributed by atoms with Gasteiger partial charge in [0.25, 0.3) is 5.69 Å². The molecule has 0 radical (unpaired) electrons. The van der Waals surface area contributed by atoms with Gasteiger partial charge in [-0.05, 0) is 31.2 Å². The summed E-state index contributed by atoms with van der Waals surface area (Å²) in [6.45, 7) is 5.50. The molecule has 0 fully saturated rings. The fourth-order valence-corrected chi connectivity index (χ4v) is 4.61. The van der Waals surface area contributed by atoms with Gasteiger partial charge in [-0.25, -0.2) is 13.1 Å². The molecule has 138 valence electrons. The van der Waals surface area contributed by atoms with Gasteiger partial charge in [-0.3, -0.25) is 14.3 Å². The van der Waals surface area contributed by atoms with E-state index in [1.54, 1.807) is 12.1 Å². The molecule has 7 nitrogen and oxygen atoms in total. The molecule has 1 N–H and O–H groups in total. The van der Waals surface area contributed by atoms with Gasteiger partial charge in [-0.2, -0.15) is 0 Å².